The van der Waals surface area contributed by atoms with Crippen LogP contribution in [0.2, 0.25) is 0 Å². The SMILES string of the molecule is CC(C)O.[BH4-].[Na+]. The fraction of sp³-hybridized carbons (Fsp3) is 1.00. The molecular formula is C3H12BNaO. The minimum absolute atomic E-state index is 0. The molecule has 0 unspecified atom stereocenters. The largest absolute Gasteiger partial charge is 1.00 e. The van der Waals surface area contributed by atoms with E-state index in [1.54, 1.807) is 13.8 Å². The summed E-state index contributed by atoms with van der Waals surface area (Å²) in [5.74, 6) is 0. The molecule has 0 heterocycles. The second-order valence-electron chi connectivity index (χ2n) is 1.09. The van der Waals surface area contributed by atoms with E-state index in [1.807, 2.05) is 0 Å². The second kappa shape index (κ2) is 9.39. The first-order valence-corrected chi connectivity index (χ1v) is 1.41. The van der Waals surface area contributed by atoms with Gasteiger partial charge in [-0.15, -0.1) is 0 Å². The predicted octanol–water partition coefficient (Wildman–Crippen LogP) is -4.06. The van der Waals surface area contributed by atoms with Crippen LogP contribution in [0.25, 0.3) is 0 Å². The van der Waals surface area contributed by atoms with Gasteiger partial charge in [-0.05, 0) is 13.8 Å². The summed E-state index contributed by atoms with van der Waals surface area (Å²) in [4.78, 5) is 0. The fourth-order valence-corrected chi connectivity index (χ4v) is 0. The standard InChI is InChI=1S/C3H8O.BH4.Na/c1-3(2)4;;/h3-4H,1-2H3;1H4;/q;-1;+1. The molecule has 0 saturated heterocycles. The van der Waals surface area contributed by atoms with Gasteiger partial charge in [-0.1, -0.05) is 8.41 Å². The molecule has 0 rings (SSSR count). The van der Waals surface area contributed by atoms with E-state index >= 15 is 0 Å². The van der Waals surface area contributed by atoms with E-state index in [4.69, 9.17) is 5.11 Å². The van der Waals surface area contributed by atoms with Crippen molar-refractivity contribution in [1.82, 2.24) is 0 Å². The van der Waals surface area contributed by atoms with E-state index in [0.29, 0.717) is 0 Å². The second-order valence-corrected chi connectivity index (χ2v) is 1.09. The van der Waals surface area contributed by atoms with Crippen molar-refractivity contribution in [3.63, 3.8) is 0 Å². The van der Waals surface area contributed by atoms with Crippen LogP contribution in [0, 0.1) is 0 Å². The summed E-state index contributed by atoms with van der Waals surface area (Å²) >= 11 is 0. The Balaban J connectivity index is -0.0000000450. The van der Waals surface area contributed by atoms with Crippen LogP contribution in [0.5, 0.6) is 0 Å². The predicted molar refractivity (Wildman–Crippen MR) is 28.7 cm³/mol. The summed E-state index contributed by atoms with van der Waals surface area (Å²) in [6, 6.07) is 0. The van der Waals surface area contributed by atoms with Gasteiger partial charge in [0.25, 0.3) is 0 Å². The molecule has 1 N–H and O–H groups in total. The first-order chi connectivity index (χ1) is 1.73. The van der Waals surface area contributed by atoms with Gasteiger partial charge < -0.3 is 5.11 Å². The minimum Gasteiger partial charge on any atom is -0.394 e. The number of aliphatic hydroxyl groups excluding tert-OH is 1. The minimum atomic E-state index is -0.167. The van der Waals surface area contributed by atoms with Gasteiger partial charge >= 0.3 is 29.6 Å². The molecule has 3 heteroatoms. The Labute approximate surface area is 63.0 Å². The molecule has 0 bridgehead atoms. The Kier molecular flexibility index (Phi) is 24.6. The summed E-state index contributed by atoms with van der Waals surface area (Å²) in [6.07, 6.45) is -0.167. The molecule has 0 aromatic heterocycles. The smallest absolute Gasteiger partial charge is 0.394 e. The van der Waals surface area contributed by atoms with Crippen molar-refractivity contribution < 1.29 is 34.7 Å². The van der Waals surface area contributed by atoms with Gasteiger partial charge in [0.2, 0.25) is 0 Å². The van der Waals surface area contributed by atoms with Crippen molar-refractivity contribution in [2.75, 3.05) is 0 Å². The maximum Gasteiger partial charge on any atom is 1.00 e. The summed E-state index contributed by atoms with van der Waals surface area (Å²) < 4.78 is 0. The third-order valence-corrected chi connectivity index (χ3v) is 0. The average Bonchev–Trinajstić information content (AvgIpc) is 0.811. The van der Waals surface area contributed by atoms with Crippen LogP contribution in [0.4, 0.5) is 0 Å². The van der Waals surface area contributed by atoms with Gasteiger partial charge in [-0.3, -0.25) is 0 Å². The molecule has 0 radical (unpaired) electrons. The summed E-state index contributed by atoms with van der Waals surface area (Å²) in [5.41, 5.74) is 0. The van der Waals surface area contributed by atoms with Crippen molar-refractivity contribution in [1.29, 1.82) is 0 Å². The molecule has 1 nitrogen and oxygen atoms in total. The Morgan fingerprint density at radius 2 is 1.33 bits per heavy atom. The van der Waals surface area contributed by atoms with Gasteiger partial charge in [-0.2, -0.15) is 0 Å². The van der Waals surface area contributed by atoms with E-state index in [1.165, 1.54) is 0 Å². The summed E-state index contributed by atoms with van der Waals surface area (Å²) in [6.45, 7) is 3.44. The summed E-state index contributed by atoms with van der Waals surface area (Å²) in [5, 5.41) is 8.06. The molecule has 0 fully saturated rings. The zero-order valence-corrected chi connectivity index (χ0v) is 6.02. The summed E-state index contributed by atoms with van der Waals surface area (Å²) in [7, 11) is 0. The maximum atomic E-state index is 8.06. The molecule has 6 heavy (non-hydrogen) atoms. The van der Waals surface area contributed by atoms with Gasteiger partial charge in [0.1, 0.15) is 0 Å². The van der Waals surface area contributed by atoms with E-state index in [2.05, 4.69) is 0 Å². The Hall–Kier alpha value is 1.02. The Morgan fingerprint density at radius 1 is 1.33 bits per heavy atom. The van der Waals surface area contributed by atoms with Gasteiger partial charge in [0.15, 0.2) is 0 Å². The van der Waals surface area contributed by atoms with Crippen molar-refractivity contribution in [2.45, 2.75) is 20.0 Å². The molecule has 0 aromatic carbocycles. The van der Waals surface area contributed by atoms with Gasteiger partial charge in [0.05, 0.1) is 0 Å². The van der Waals surface area contributed by atoms with Crippen molar-refractivity contribution in [3.05, 3.63) is 0 Å². The van der Waals surface area contributed by atoms with E-state index in [-0.39, 0.29) is 44.1 Å². The first-order valence-electron chi connectivity index (χ1n) is 1.41. The van der Waals surface area contributed by atoms with Gasteiger partial charge in [-0.25, -0.2) is 0 Å². The fourth-order valence-electron chi connectivity index (χ4n) is 0. The normalized spacial score (nSPS) is 6.00. The van der Waals surface area contributed by atoms with Crippen LogP contribution in [0.1, 0.15) is 13.8 Å². The topological polar surface area (TPSA) is 20.2 Å². The number of hydrogen-bond acceptors (Lipinski definition) is 1. The van der Waals surface area contributed by atoms with Crippen molar-refractivity contribution in [3.8, 4) is 0 Å². The van der Waals surface area contributed by atoms with Crippen molar-refractivity contribution in [2.24, 2.45) is 0 Å². The molecule has 0 aliphatic heterocycles. The molecule has 0 amide bonds. The third kappa shape index (κ3) is 77.5. The monoisotopic (exact) mass is 98.1 g/mol. The molecule has 0 saturated carbocycles. The van der Waals surface area contributed by atoms with Crippen LogP contribution in [0.3, 0.4) is 0 Å². The zero-order valence-electron chi connectivity index (χ0n) is 4.02. The quantitative estimate of drug-likeness (QED) is 0.305. The van der Waals surface area contributed by atoms with Crippen LogP contribution < -0.4 is 29.6 Å². The maximum absolute atomic E-state index is 8.06. The molecular weight excluding hydrogens is 85.8 g/mol. The molecule has 0 spiro atoms. The van der Waals surface area contributed by atoms with Gasteiger partial charge in [0, 0.05) is 6.10 Å². The third-order valence-electron chi connectivity index (χ3n) is 0. The first kappa shape index (κ1) is 15.7. The van der Waals surface area contributed by atoms with Crippen LogP contribution >= 0.6 is 0 Å². The molecule has 0 aliphatic rings. The van der Waals surface area contributed by atoms with Crippen LogP contribution in [0.15, 0.2) is 0 Å². The van der Waals surface area contributed by atoms with Crippen LogP contribution in [-0.4, -0.2) is 19.6 Å². The average molecular weight is 97.9 g/mol. The van der Waals surface area contributed by atoms with E-state index in [0.717, 1.165) is 0 Å². The van der Waals surface area contributed by atoms with Crippen molar-refractivity contribution >= 4 is 8.41 Å². The van der Waals surface area contributed by atoms with E-state index < -0.39 is 0 Å². The van der Waals surface area contributed by atoms with Crippen LogP contribution in [-0.2, 0) is 0 Å². The zero-order chi connectivity index (χ0) is 3.58. The number of aliphatic hydroxyl groups is 1. The molecule has 34 valence electrons. The Bertz CT molecular complexity index is 15.5. The molecule has 0 atom stereocenters. The number of rotatable bonds is 0. The Morgan fingerprint density at radius 3 is 1.33 bits per heavy atom. The molecule has 0 aliphatic carbocycles. The molecule has 0 aromatic rings. The number of hydrogen-bond donors (Lipinski definition) is 1. The van der Waals surface area contributed by atoms with E-state index in [9.17, 15) is 0 Å².